The van der Waals surface area contributed by atoms with Gasteiger partial charge in [-0.1, -0.05) is 42.8 Å². The third-order valence-electron chi connectivity index (χ3n) is 4.74. The number of nitrogens with zero attached hydrogens (tertiary/aromatic N) is 1. The summed E-state index contributed by atoms with van der Waals surface area (Å²) in [4.78, 5) is 0.505. The molecule has 0 fully saturated rings. The second-order valence-corrected chi connectivity index (χ2v) is 8.60. The maximum absolute atomic E-state index is 13.3. The minimum Gasteiger partial charge on any atom is -0.343 e. The van der Waals surface area contributed by atoms with Crippen molar-refractivity contribution < 1.29 is 8.42 Å². The van der Waals surface area contributed by atoms with Gasteiger partial charge in [-0.15, -0.1) is 0 Å². The lowest BCUT2D eigenvalue weighted by molar-refractivity contribution is 0.549. The van der Waals surface area contributed by atoms with Gasteiger partial charge in [0.25, 0.3) is 0 Å². The van der Waals surface area contributed by atoms with Gasteiger partial charge in [-0.2, -0.15) is 0 Å². The van der Waals surface area contributed by atoms with Crippen LogP contribution in [0.25, 0.3) is 10.9 Å². The van der Waals surface area contributed by atoms with E-state index < -0.39 is 9.84 Å². The average molecular weight is 389 g/mol. The van der Waals surface area contributed by atoms with Crippen molar-refractivity contribution in [3.05, 3.63) is 59.2 Å². The molecule has 0 aliphatic rings. The van der Waals surface area contributed by atoms with Gasteiger partial charge < -0.3 is 9.98 Å². The first kappa shape index (κ1) is 18.7. The second-order valence-electron chi connectivity index (χ2n) is 6.31. The van der Waals surface area contributed by atoms with Crippen molar-refractivity contribution in [2.24, 2.45) is 5.92 Å². The summed E-state index contributed by atoms with van der Waals surface area (Å²) < 4.78 is 28.7. The lowest BCUT2D eigenvalue weighted by Gasteiger charge is -2.14. The van der Waals surface area contributed by atoms with Crippen LogP contribution in [0.15, 0.2) is 58.3 Å². The molecule has 3 aromatic rings. The standard InChI is InChI=1S/C20H21ClN2O2S/c1-3-15(12-22)13-23-14(2)20(19-17(21)10-7-11-18(19)23)26(24,25)16-8-5-4-6-9-16/h4-12,15,22H,3,13H2,1-2H3. The Morgan fingerprint density at radius 2 is 1.85 bits per heavy atom. The summed E-state index contributed by atoms with van der Waals surface area (Å²) in [6.45, 7) is 4.38. The molecule has 136 valence electrons. The van der Waals surface area contributed by atoms with Crippen molar-refractivity contribution >= 4 is 38.6 Å². The zero-order chi connectivity index (χ0) is 18.9. The highest BCUT2D eigenvalue weighted by molar-refractivity contribution is 7.91. The molecule has 0 saturated carbocycles. The number of nitrogens with one attached hydrogen (secondary N) is 1. The van der Waals surface area contributed by atoms with E-state index in [0.29, 0.717) is 22.6 Å². The Kier molecular flexibility index (Phi) is 5.21. The van der Waals surface area contributed by atoms with Crippen molar-refractivity contribution in [3.63, 3.8) is 0 Å². The van der Waals surface area contributed by atoms with Crippen LogP contribution in [-0.4, -0.2) is 19.2 Å². The molecule has 3 rings (SSSR count). The van der Waals surface area contributed by atoms with Crippen molar-refractivity contribution in [1.82, 2.24) is 4.57 Å². The molecular weight excluding hydrogens is 368 g/mol. The molecule has 0 saturated heterocycles. The van der Waals surface area contributed by atoms with Gasteiger partial charge in [-0.25, -0.2) is 8.42 Å². The van der Waals surface area contributed by atoms with Gasteiger partial charge in [-0.3, -0.25) is 0 Å². The van der Waals surface area contributed by atoms with Gasteiger partial charge in [0.2, 0.25) is 9.84 Å². The van der Waals surface area contributed by atoms with Crippen molar-refractivity contribution in [2.75, 3.05) is 0 Å². The molecule has 1 atom stereocenters. The Morgan fingerprint density at radius 1 is 1.15 bits per heavy atom. The zero-order valence-electron chi connectivity index (χ0n) is 14.7. The Bertz CT molecular complexity index is 1060. The highest BCUT2D eigenvalue weighted by Crippen LogP contribution is 2.38. The van der Waals surface area contributed by atoms with Gasteiger partial charge >= 0.3 is 0 Å². The van der Waals surface area contributed by atoms with E-state index in [9.17, 15) is 8.42 Å². The van der Waals surface area contributed by atoms with Crippen LogP contribution in [0.1, 0.15) is 19.0 Å². The number of fused-ring (bicyclic) bond motifs is 1. The highest BCUT2D eigenvalue weighted by atomic mass is 35.5. The van der Waals surface area contributed by atoms with Crippen molar-refractivity contribution in [2.45, 2.75) is 36.6 Å². The van der Waals surface area contributed by atoms with Gasteiger partial charge in [0.1, 0.15) is 4.90 Å². The van der Waals surface area contributed by atoms with E-state index in [0.717, 1.165) is 11.9 Å². The molecule has 1 unspecified atom stereocenters. The van der Waals surface area contributed by atoms with Gasteiger partial charge in [-0.05, 0) is 37.6 Å². The van der Waals surface area contributed by atoms with Crippen LogP contribution >= 0.6 is 11.6 Å². The number of benzene rings is 2. The first-order valence-corrected chi connectivity index (χ1v) is 10.4. The maximum atomic E-state index is 13.3. The molecule has 4 nitrogen and oxygen atoms in total. The summed E-state index contributed by atoms with van der Waals surface area (Å²) in [5.41, 5.74) is 1.43. The summed E-state index contributed by atoms with van der Waals surface area (Å²) in [5, 5.41) is 8.58. The summed E-state index contributed by atoms with van der Waals surface area (Å²) in [7, 11) is -3.71. The molecular formula is C20H21ClN2O2S. The van der Waals surface area contributed by atoms with Gasteiger partial charge in [0, 0.05) is 29.8 Å². The lowest BCUT2D eigenvalue weighted by atomic mass is 10.1. The topological polar surface area (TPSA) is 62.9 Å². The molecule has 26 heavy (non-hydrogen) atoms. The van der Waals surface area contributed by atoms with E-state index >= 15 is 0 Å². The van der Waals surface area contributed by atoms with Crippen molar-refractivity contribution in [1.29, 1.82) is 5.41 Å². The Balaban J connectivity index is 2.33. The fourth-order valence-electron chi connectivity index (χ4n) is 3.26. The molecule has 0 bridgehead atoms. The number of halogens is 1. The number of hydrogen-bond donors (Lipinski definition) is 1. The quantitative estimate of drug-likeness (QED) is 0.596. The van der Waals surface area contributed by atoms with E-state index in [1.165, 1.54) is 6.21 Å². The molecule has 1 heterocycles. The van der Waals surface area contributed by atoms with E-state index in [1.807, 2.05) is 30.5 Å². The number of hydrogen-bond acceptors (Lipinski definition) is 3. The third-order valence-corrected chi connectivity index (χ3v) is 6.99. The minimum absolute atomic E-state index is 0.0376. The molecule has 6 heteroatoms. The number of aromatic nitrogens is 1. The Morgan fingerprint density at radius 3 is 2.46 bits per heavy atom. The van der Waals surface area contributed by atoms with E-state index in [4.69, 9.17) is 17.0 Å². The number of rotatable bonds is 6. The summed E-state index contributed by atoms with van der Waals surface area (Å²) in [5.74, 6) is 0.0376. The molecule has 0 aliphatic heterocycles. The minimum atomic E-state index is -3.71. The molecule has 0 spiro atoms. The van der Waals surface area contributed by atoms with Crippen LogP contribution in [0.4, 0.5) is 0 Å². The smallest absolute Gasteiger partial charge is 0.209 e. The van der Waals surface area contributed by atoms with E-state index in [2.05, 4.69) is 0 Å². The van der Waals surface area contributed by atoms with Gasteiger partial charge in [0.15, 0.2) is 0 Å². The lowest BCUT2D eigenvalue weighted by Crippen LogP contribution is -2.13. The van der Waals surface area contributed by atoms with Crippen LogP contribution in [0.3, 0.4) is 0 Å². The SMILES string of the molecule is CCC(C=N)Cn1c(C)c(S(=O)(=O)c2ccccc2)c2c(Cl)cccc21. The van der Waals surface area contributed by atoms with Gasteiger partial charge in [0.05, 0.1) is 15.4 Å². The second kappa shape index (κ2) is 7.25. The van der Waals surface area contributed by atoms with E-state index in [-0.39, 0.29) is 15.7 Å². The highest BCUT2D eigenvalue weighted by Gasteiger charge is 2.28. The molecule has 0 aliphatic carbocycles. The first-order valence-electron chi connectivity index (χ1n) is 8.49. The van der Waals surface area contributed by atoms with Crippen LogP contribution in [0.2, 0.25) is 5.02 Å². The molecule has 0 radical (unpaired) electrons. The maximum Gasteiger partial charge on any atom is 0.209 e. The Hall–Kier alpha value is -2.11. The summed E-state index contributed by atoms with van der Waals surface area (Å²) >= 11 is 6.42. The fraction of sp³-hybridized carbons (Fsp3) is 0.250. The van der Waals surface area contributed by atoms with Crippen LogP contribution < -0.4 is 0 Å². The average Bonchev–Trinajstić information content (AvgIpc) is 2.94. The Labute approximate surface area is 158 Å². The largest absolute Gasteiger partial charge is 0.343 e. The fourth-order valence-corrected chi connectivity index (χ4v) is 5.32. The normalized spacial score (nSPS) is 13.0. The van der Waals surface area contributed by atoms with Crippen LogP contribution in [0.5, 0.6) is 0 Å². The molecule has 2 aromatic carbocycles. The number of sulfone groups is 1. The van der Waals surface area contributed by atoms with Crippen LogP contribution in [0, 0.1) is 18.3 Å². The predicted molar refractivity (Wildman–Crippen MR) is 106 cm³/mol. The zero-order valence-corrected chi connectivity index (χ0v) is 16.3. The molecule has 1 aromatic heterocycles. The monoisotopic (exact) mass is 388 g/mol. The first-order chi connectivity index (χ1) is 12.4. The third kappa shape index (κ3) is 3.06. The predicted octanol–water partition coefficient (Wildman–Crippen LogP) is 5.11. The van der Waals surface area contributed by atoms with Crippen molar-refractivity contribution in [3.8, 4) is 0 Å². The molecule has 1 N–H and O–H groups in total. The summed E-state index contributed by atoms with van der Waals surface area (Å²) in [6.07, 6.45) is 2.23. The van der Waals surface area contributed by atoms with E-state index in [1.54, 1.807) is 36.4 Å². The molecule has 0 amide bonds. The summed E-state index contributed by atoms with van der Waals surface area (Å²) in [6, 6.07) is 13.8. The van der Waals surface area contributed by atoms with Crippen LogP contribution in [-0.2, 0) is 16.4 Å².